The molecule has 0 radical (unpaired) electrons. The summed E-state index contributed by atoms with van der Waals surface area (Å²) in [5.74, 6) is -9.91. The number of halogens is 5. The zero-order chi connectivity index (χ0) is 15.3. The lowest BCUT2D eigenvalue weighted by Crippen LogP contribution is -2.28. The minimum atomic E-state index is -2.30. The second-order valence-electron chi connectivity index (χ2n) is 3.86. The Morgan fingerprint density at radius 1 is 0.950 bits per heavy atom. The van der Waals surface area contributed by atoms with Crippen molar-refractivity contribution >= 4 is 5.91 Å². The van der Waals surface area contributed by atoms with Crippen molar-refractivity contribution in [1.82, 2.24) is 5.32 Å². The molecule has 0 saturated heterocycles. The molecule has 1 rings (SSSR count). The highest BCUT2D eigenvalue weighted by atomic mass is 19.2. The first-order chi connectivity index (χ1) is 9.41. The molecule has 0 fully saturated rings. The molecule has 2 nitrogen and oxygen atoms in total. The molecule has 0 aromatic heterocycles. The van der Waals surface area contributed by atoms with Gasteiger partial charge in [0, 0.05) is 13.0 Å². The molecule has 0 atom stereocenters. The number of terminal acetylenes is 1. The van der Waals surface area contributed by atoms with Crippen molar-refractivity contribution in [3.05, 3.63) is 34.6 Å². The number of unbranched alkanes of at least 4 members (excludes halogenated alkanes) is 2. The highest BCUT2D eigenvalue weighted by Gasteiger charge is 2.29. The van der Waals surface area contributed by atoms with Gasteiger partial charge in [-0.3, -0.25) is 4.79 Å². The zero-order valence-corrected chi connectivity index (χ0v) is 10.2. The number of carbonyl (C=O) groups is 1. The fraction of sp³-hybridized carbons (Fsp3) is 0.308. The standard InChI is InChI=1S/C13H10F5NO/c1-2-3-4-5-6-19-13(20)7-8(14)10(16)12(18)11(17)9(7)15/h1H,3-6H2,(H,19,20). The van der Waals surface area contributed by atoms with Crippen molar-refractivity contribution < 1.29 is 26.7 Å². The van der Waals surface area contributed by atoms with Crippen LogP contribution < -0.4 is 5.32 Å². The Bertz CT molecular complexity index is 536. The normalized spacial score (nSPS) is 10.2. The second kappa shape index (κ2) is 6.89. The fourth-order valence-corrected chi connectivity index (χ4v) is 1.45. The highest BCUT2D eigenvalue weighted by molar-refractivity contribution is 5.94. The Balaban J connectivity index is 2.87. The van der Waals surface area contributed by atoms with Gasteiger partial charge >= 0.3 is 0 Å². The molecule has 7 heteroatoms. The van der Waals surface area contributed by atoms with Gasteiger partial charge in [-0.15, -0.1) is 12.3 Å². The minimum absolute atomic E-state index is 0.0139. The highest BCUT2D eigenvalue weighted by Crippen LogP contribution is 2.22. The van der Waals surface area contributed by atoms with Gasteiger partial charge in [0.05, 0.1) is 0 Å². The van der Waals surface area contributed by atoms with E-state index >= 15 is 0 Å². The van der Waals surface area contributed by atoms with E-state index < -0.39 is 40.6 Å². The average Bonchev–Trinajstić information content (AvgIpc) is 2.43. The molecule has 1 aromatic rings. The molecule has 1 aromatic carbocycles. The van der Waals surface area contributed by atoms with E-state index in [4.69, 9.17) is 6.42 Å². The first-order valence-electron chi connectivity index (χ1n) is 5.64. The molecule has 20 heavy (non-hydrogen) atoms. The zero-order valence-electron chi connectivity index (χ0n) is 10.2. The third kappa shape index (κ3) is 3.26. The van der Waals surface area contributed by atoms with Gasteiger partial charge in [0.25, 0.3) is 5.91 Å². The van der Waals surface area contributed by atoms with Crippen LogP contribution in [0.5, 0.6) is 0 Å². The third-order valence-electron chi connectivity index (χ3n) is 2.47. The van der Waals surface area contributed by atoms with Gasteiger partial charge in [0.1, 0.15) is 5.56 Å². The van der Waals surface area contributed by atoms with Crippen molar-refractivity contribution in [2.24, 2.45) is 0 Å². The smallest absolute Gasteiger partial charge is 0.257 e. The van der Waals surface area contributed by atoms with Crippen molar-refractivity contribution in [3.63, 3.8) is 0 Å². The summed E-state index contributed by atoms with van der Waals surface area (Å²) in [6, 6.07) is 0. The summed E-state index contributed by atoms with van der Waals surface area (Å²) >= 11 is 0. The quantitative estimate of drug-likeness (QED) is 0.292. The van der Waals surface area contributed by atoms with Crippen LogP contribution in [0.2, 0.25) is 0 Å². The SMILES string of the molecule is C#CCCCCNC(=O)c1c(F)c(F)c(F)c(F)c1F. The van der Waals surface area contributed by atoms with Crippen molar-refractivity contribution in [2.75, 3.05) is 6.54 Å². The van der Waals surface area contributed by atoms with Crippen molar-refractivity contribution in [3.8, 4) is 12.3 Å². The molecule has 1 N–H and O–H groups in total. The summed E-state index contributed by atoms with van der Waals surface area (Å²) in [5.41, 5.74) is -1.49. The minimum Gasteiger partial charge on any atom is -0.352 e. The van der Waals surface area contributed by atoms with Gasteiger partial charge in [-0.2, -0.15) is 0 Å². The maximum absolute atomic E-state index is 13.3. The molecule has 0 heterocycles. The predicted octanol–water partition coefficient (Wildman–Crippen LogP) is 2.92. The summed E-state index contributed by atoms with van der Waals surface area (Å²) in [4.78, 5) is 11.4. The number of hydrogen-bond donors (Lipinski definition) is 1. The van der Waals surface area contributed by atoms with E-state index in [-0.39, 0.29) is 6.54 Å². The van der Waals surface area contributed by atoms with Crippen LogP contribution in [0.25, 0.3) is 0 Å². The molecule has 0 aliphatic rings. The molecular weight excluding hydrogens is 281 g/mol. The summed E-state index contributed by atoms with van der Waals surface area (Å²) in [6.07, 6.45) is 6.44. The van der Waals surface area contributed by atoms with Gasteiger partial charge in [-0.05, 0) is 12.8 Å². The number of nitrogens with one attached hydrogen (secondary N) is 1. The number of carbonyl (C=O) groups excluding carboxylic acids is 1. The summed E-state index contributed by atoms with van der Waals surface area (Å²) < 4.78 is 65.1. The Morgan fingerprint density at radius 3 is 1.95 bits per heavy atom. The third-order valence-corrected chi connectivity index (χ3v) is 2.47. The number of amides is 1. The molecule has 0 saturated carbocycles. The summed E-state index contributed by atoms with van der Waals surface area (Å²) in [6.45, 7) is 0.0139. The average molecular weight is 291 g/mol. The molecule has 108 valence electrons. The van der Waals surface area contributed by atoms with Gasteiger partial charge < -0.3 is 5.32 Å². The number of hydrogen-bond acceptors (Lipinski definition) is 1. The van der Waals surface area contributed by atoms with Crippen LogP contribution in [0.15, 0.2) is 0 Å². The topological polar surface area (TPSA) is 29.1 Å². The van der Waals surface area contributed by atoms with Crippen LogP contribution in [0.1, 0.15) is 29.6 Å². The summed E-state index contributed by atoms with van der Waals surface area (Å²) in [7, 11) is 0. The molecule has 0 aliphatic heterocycles. The summed E-state index contributed by atoms with van der Waals surface area (Å²) in [5, 5.41) is 2.07. The van der Waals surface area contributed by atoms with Gasteiger partial charge in [0.15, 0.2) is 23.3 Å². The second-order valence-corrected chi connectivity index (χ2v) is 3.86. The van der Waals surface area contributed by atoms with E-state index in [9.17, 15) is 26.7 Å². The van der Waals surface area contributed by atoms with Crippen LogP contribution in [0.3, 0.4) is 0 Å². The fourth-order valence-electron chi connectivity index (χ4n) is 1.45. The van der Waals surface area contributed by atoms with E-state index in [2.05, 4.69) is 11.2 Å². The molecule has 0 spiro atoms. The van der Waals surface area contributed by atoms with Crippen LogP contribution in [-0.2, 0) is 0 Å². The van der Waals surface area contributed by atoms with E-state index in [1.54, 1.807) is 0 Å². The van der Waals surface area contributed by atoms with Crippen LogP contribution in [0.4, 0.5) is 22.0 Å². The maximum atomic E-state index is 13.3. The maximum Gasteiger partial charge on any atom is 0.257 e. The molecule has 0 bridgehead atoms. The Morgan fingerprint density at radius 2 is 1.45 bits per heavy atom. The lowest BCUT2D eigenvalue weighted by molar-refractivity contribution is 0.0941. The molecular formula is C13H10F5NO. The van der Waals surface area contributed by atoms with Crippen LogP contribution >= 0.6 is 0 Å². The number of rotatable bonds is 5. The van der Waals surface area contributed by atoms with Gasteiger partial charge in [0.2, 0.25) is 5.82 Å². The lowest BCUT2D eigenvalue weighted by Gasteiger charge is -2.08. The predicted molar refractivity (Wildman–Crippen MR) is 61.2 cm³/mol. The van der Waals surface area contributed by atoms with E-state index in [0.29, 0.717) is 19.3 Å². The largest absolute Gasteiger partial charge is 0.352 e. The van der Waals surface area contributed by atoms with Gasteiger partial charge in [-0.25, -0.2) is 22.0 Å². The monoisotopic (exact) mass is 291 g/mol. The Labute approximate surface area is 112 Å². The van der Waals surface area contributed by atoms with E-state index in [0.717, 1.165) is 0 Å². The molecule has 0 unspecified atom stereocenters. The van der Waals surface area contributed by atoms with Crippen LogP contribution in [0, 0.1) is 41.4 Å². The van der Waals surface area contributed by atoms with Gasteiger partial charge in [-0.1, -0.05) is 0 Å². The Kier molecular flexibility index (Phi) is 5.50. The van der Waals surface area contributed by atoms with Crippen molar-refractivity contribution in [2.45, 2.75) is 19.3 Å². The van der Waals surface area contributed by atoms with Crippen LogP contribution in [-0.4, -0.2) is 12.5 Å². The Hall–Kier alpha value is -2.10. The van der Waals surface area contributed by atoms with Crippen molar-refractivity contribution in [1.29, 1.82) is 0 Å². The molecule has 1 amide bonds. The van der Waals surface area contributed by atoms with E-state index in [1.165, 1.54) is 0 Å². The molecule has 0 aliphatic carbocycles. The first-order valence-corrected chi connectivity index (χ1v) is 5.64. The first kappa shape index (κ1) is 16.0. The number of benzene rings is 1. The van der Waals surface area contributed by atoms with E-state index in [1.807, 2.05) is 0 Å². The lowest BCUT2D eigenvalue weighted by atomic mass is 10.1.